The number of pyridine rings is 1. The van der Waals surface area contributed by atoms with Gasteiger partial charge in [-0.3, -0.25) is 4.98 Å². The molecule has 0 saturated carbocycles. The zero-order valence-electron chi connectivity index (χ0n) is 8.63. The average Bonchev–Trinajstić information content (AvgIpc) is 2.29. The minimum atomic E-state index is 0.574. The molecule has 0 saturated heterocycles. The average molecular weight is 245 g/mol. The van der Waals surface area contributed by atoms with Crippen molar-refractivity contribution in [3.8, 4) is 0 Å². The van der Waals surface area contributed by atoms with Gasteiger partial charge in [-0.15, -0.1) is 0 Å². The minimum absolute atomic E-state index is 0.574. The summed E-state index contributed by atoms with van der Waals surface area (Å²) in [6.07, 6.45) is 2.79. The molecule has 0 atom stereocenters. The van der Waals surface area contributed by atoms with Crippen LogP contribution in [0.5, 0.6) is 0 Å². The van der Waals surface area contributed by atoms with Crippen molar-refractivity contribution in [2.24, 2.45) is 0 Å². The van der Waals surface area contributed by atoms with E-state index in [4.69, 9.17) is 23.2 Å². The van der Waals surface area contributed by atoms with E-state index in [0.717, 1.165) is 12.1 Å². The summed E-state index contributed by atoms with van der Waals surface area (Å²) in [7, 11) is 0. The summed E-state index contributed by atoms with van der Waals surface area (Å²) in [6.45, 7) is 3.40. The first-order chi connectivity index (χ1) is 7.27. The number of halogens is 2. The van der Waals surface area contributed by atoms with E-state index in [2.05, 4.69) is 23.3 Å². The Hall–Kier alpha value is -0.570. The fraction of sp³-hybridized carbons (Fsp3) is 0.364. The largest absolute Gasteiger partial charge is 0.306 e. The minimum Gasteiger partial charge on any atom is -0.306 e. The van der Waals surface area contributed by atoms with E-state index in [9.17, 15) is 0 Å². The first-order valence-corrected chi connectivity index (χ1v) is 5.67. The number of aromatic nitrogens is 1. The highest BCUT2D eigenvalue weighted by atomic mass is 35.5. The molecule has 0 aliphatic carbocycles. The van der Waals surface area contributed by atoms with Gasteiger partial charge >= 0.3 is 0 Å². The van der Waals surface area contributed by atoms with Crippen LogP contribution in [0.15, 0.2) is 28.9 Å². The van der Waals surface area contributed by atoms with E-state index in [1.54, 1.807) is 6.20 Å². The Morgan fingerprint density at radius 2 is 2.40 bits per heavy atom. The molecule has 1 heterocycles. The summed E-state index contributed by atoms with van der Waals surface area (Å²) in [6, 6.07) is 4.04. The molecule has 15 heavy (non-hydrogen) atoms. The standard InChI is InChI=1S/C11H14Cl2N2/c1-2-9-4-3-5-15-11(9)8-14-7-10(13)6-12/h3-6,14H,2,7-8H2,1H3/b10-6-. The number of nitrogens with zero attached hydrogens (tertiary/aromatic N) is 1. The molecule has 2 nitrogen and oxygen atoms in total. The summed E-state index contributed by atoms with van der Waals surface area (Å²) in [5, 5.41) is 3.78. The molecule has 1 N–H and O–H groups in total. The van der Waals surface area contributed by atoms with Crippen LogP contribution < -0.4 is 5.32 Å². The Balaban J connectivity index is 2.50. The van der Waals surface area contributed by atoms with Crippen LogP contribution in [-0.2, 0) is 13.0 Å². The lowest BCUT2D eigenvalue weighted by molar-refractivity contribution is 0.726. The molecule has 0 spiro atoms. The second-order valence-corrected chi connectivity index (χ2v) is 3.83. The third-order valence-corrected chi connectivity index (χ3v) is 2.69. The van der Waals surface area contributed by atoms with Crippen molar-refractivity contribution in [1.29, 1.82) is 0 Å². The third kappa shape index (κ3) is 4.20. The zero-order valence-corrected chi connectivity index (χ0v) is 10.1. The monoisotopic (exact) mass is 244 g/mol. The Morgan fingerprint density at radius 3 is 3.07 bits per heavy atom. The third-order valence-electron chi connectivity index (χ3n) is 2.07. The van der Waals surface area contributed by atoms with Gasteiger partial charge in [0.25, 0.3) is 0 Å². The van der Waals surface area contributed by atoms with Crippen molar-refractivity contribution >= 4 is 23.2 Å². The van der Waals surface area contributed by atoms with Crippen molar-refractivity contribution in [3.05, 3.63) is 40.2 Å². The van der Waals surface area contributed by atoms with Crippen LogP contribution in [0, 0.1) is 0 Å². The molecule has 0 aromatic carbocycles. The van der Waals surface area contributed by atoms with Crippen LogP contribution in [0.2, 0.25) is 0 Å². The molecule has 82 valence electrons. The smallest absolute Gasteiger partial charge is 0.0573 e. The predicted octanol–water partition coefficient (Wildman–Crippen LogP) is 3.05. The number of nitrogens with one attached hydrogen (secondary N) is 1. The van der Waals surface area contributed by atoms with Gasteiger partial charge in [0.15, 0.2) is 0 Å². The van der Waals surface area contributed by atoms with Crippen LogP contribution in [0.1, 0.15) is 18.2 Å². The highest BCUT2D eigenvalue weighted by Gasteiger charge is 2.00. The van der Waals surface area contributed by atoms with Gasteiger partial charge in [0.05, 0.1) is 5.69 Å². The van der Waals surface area contributed by atoms with E-state index in [1.165, 1.54) is 11.1 Å². The fourth-order valence-electron chi connectivity index (χ4n) is 1.29. The van der Waals surface area contributed by atoms with Crippen molar-refractivity contribution in [2.75, 3.05) is 6.54 Å². The van der Waals surface area contributed by atoms with Crippen LogP contribution in [0.3, 0.4) is 0 Å². The van der Waals surface area contributed by atoms with E-state index >= 15 is 0 Å². The Kier molecular flexibility index (Phi) is 5.69. The topological polar surface area (TPSA) is 24.9 Å². The molecule has 0 bridgehead atoms. The van der Waals surface area contributed by atoms with Crippen molar-refractivity contribution < 1.29 is 0 Å². The summed E-state index contributed by atoms with van der Waals surface area (Å²) in [5.41, 5.74) is 3.70. The molecule has 0 aliphatic heterocycles. The Morgan fingerprint density at radius 1 is 1.60 bits per heavy atom. The van der Waals surface area contributed by atoms with Gasteiger partial charge in [0.2, 0.25) is 0 Å². The van der Waals surface area contributed by atoms with Gasteiger partial charge in [-0.2, -0.15) is 0 Å². The molecule has 0 unspecified atom stereocenters. The number of hydrogen-bond acceptors (Lipinski definition) is 2. The fourth-order valence-corrected chi connectivity index (χ4v) is 1.46. The van der Waals surface area contributed by atoms with Crippen molar-refractivity contribution in [2.45, 2.75) is 19.9 Å². The first kappa shape index (κ1) is 12.5. The molecule has 4 heteroatoms. The Labute approximate surface area is 100 Å². The second-order valence-electron chi connectivity index (χ2n) is 3.12. The van der Waals surface area contributed by atoms with Gasteiger partial charge in [-0.1, -0.05) is 36.2 Å². The first-order valence-electron chi connectivity index (χ1n) is 4.86. The van der Waals surface area contributed by atoms with E-state index in [-0.39, 0.29) is 0 Å². The normalized spacial score (nSPS) is 11.8. The lowest BCUT2D eigenvalue weighted by atomic mass is 10.1. The molecular formula is C11H14Cl2N2. The summed E-state index contributed by atoms with van der Waals surface area (Å²) >= 11 is 11.2. The van der Waals surface area contributed by atoms with E-state index < -0.39 is 0 Å². The maximum Gasteiger partial charge on any atom is 0.0573 e. The number of rotatable bonds is 5. The molecule has 0 amide bonds. The Bertz CT molecular complexity index is 337. The number of aryl methyl sites for hydroxylation is 1. The van der Waals surface area contributed by atoms with Crippen LogP contribution in [0.25, 0.3) is 0 Å². The van der Waals surface area contributed by atoms with Crippen LogP contribution >= 0.6 is 23.2 Å². The summed E-state index contributed by atoms with van der Waals surface area (Å²) < 4.78 is 0. The summed E-state index contributed by atoms with van der Waals surface area (Å²) in [4.78, 5) is 4.31. The summed E-state index contributed by atoms with van der Waals surface area (Å²) in [5.74, 6) is 0. The molecule has 1 aromatic heterocycles. The van der Waals surface area contributed by atoms with Gasteiger partial charge < -0.3 is 5.32 Å². The van der Waals surface area contributed by atoms with Crippen molar-refractivity contribution in [1.82, 2.24) is 10.3 Å². The highest BCUT2D eigenvalue weighted by Crippen LogP contribution is 2.06. The molecular weight excluding hydrogens is 231 g/mol. The molecule has 0 aliphatic rings. The highest BCUT2D eigenvalue weighted by molar-refractivity contribution is 6.36. The van der Waals surface area contributed by atoms with E-state index in [1.807, 2.05) is 6.07 Å². The zero-order chi connectivity index (χ0) is 11.1. The van der Waals surface area contributed by atoms with Gasteiger partial charge in [0.1, 0.15) is 0 Å². The van der Waals surface area contributed by atoms with Crippen LogP contribution in [-0.4, -0.2) is 11.5 Å². The van der Waals surface area contributed by atoms with Gasteiger partial charge in [-0.05, 0) is 18.1 Å². The molecule has 0 radical (unpaired) electrons. The maximum absolute atomic E-state index is 5.75. The maximum atomic E-state index is 5.75. The van der Waals surface area contributed by atoms with Crippen molar-refractivity contribution in [3.63, 3.8) is 0 Å². The van der Waals surface area contributed by atoms with E-state index in [0.29, 0.717) is 18.1 Å². The predicted molar refractivity (Wildman–Crippen MR) is 65.1 cm³/mol. The quantitative estimate of drug-likeness (QED) is 0.862. The number of hydrogen-bond donors (Lipinski definition) is 1. The van der Waals surface area contributed by atoms with Crippen LogP contribution in [0.4, 0.5) is 0 Å². The lowest BCUT2D eigenvalue weighted by Gasteiger charge is -2.07. The molecule has 0 fully saturated rings. The second kappa shape index (κ2) is 6.83. The van der Waals surface area contributed by atoms with Gasteiger partial charge in [0, 0.05) is 29.9 Å². The molecule has 1 rings (SSSR count). The lowest BCUT2D eigenvalue weighted by Crippen LogP contribution is -2.16. The SMILES string of the molecule is CCc1cccnc1CNC/C(Cl)=C/Cl. The van der Waals surface area contributed by atoms with Gasteiger partial charge in [-0.25, -0.2) is 0 Å². The molecule has 1 aromatic rings.